The van der Waals surface area contributed by atoms with Gasteiger partial charge in [0, 0.05) is 13.1 Å². The minimum absolute atomic E-state index is 0.304. The Hall–Kier alpha value is -1.07. The van der Waals surface area contributed by atoms with Gasteiger partial charge >= 0.3 is 0 Å². The van der Waals surface area contributed by atoms with Gasteiger partial charge in [-0.25, -0.2) is 9.97 Å². The van der Waals surface area contributed by atoms with Crippen molar-refractivity contribution >= 4 is 23.2 Å². The molecule has 1 heterocycles. The van der Waals surface area contributed by atoms with Gasteiger partial charge < -0.3 is 16.0 Å². The van der Waals surface area contributed by atoms with Crippen LogP contribution >= 0.6 is 11.6 Å². The van der Waals surface area contributed by atoms with Crippen molar-refractivity contribution in [1.82, 2.24) is 14.9 Å². The Labute approximate surface area is 94.6 Å². The third kappa shape index (κ3) is 3.53. The zero-order chi connectivity index (χ0) is 11.3. The average Bonchev–Trinajstić information content (AvgIpc) is 2.24. The molecule has 0 saturated carbocycles. The second-order valence-corrected chi connectivity index (χ2v) is 3.62. The third-order valence-electron chi connectivity index (χ3n) is 2.14. The molecule has 0 spiro atoms. The van der Waals surface area contributed by atoms with E-state index in [2.05, 4.69) is 34.2 Å². The lowest BCUT2D eigenvalue weighted by molar-refractivity contribution is 0.367. The van der Waals surface area contributed by atoms with E-state index in [1.165, 1.54) is 6.33 Å². The molecule has 0 aliphatic carbocycles. The van der Waals surface area contributed by atoms with Gasteiger partial charge in [-0.3, -0.25) is 0 Å². The quantitative estimate of drug-likeness (QED) is 0.791. The molecule has 1 rings (SSSR count). The second kappa shape index (κ2) is 5.72. The summed E-state index contributed by atoms with van der Waals surface area (Å²) in [6.45, 7) is 4.83. The topological polar surface area (TPSA) is 67.1 Å². The van der Waals surface area contributed by atoms with Crippen LogP contribution in [0.1, 0.15) is 6.92 Å². The molecule has 0 aliphatic heterocycles. The Morgan fingerprint density at radius 2 is 2.27 bits per heavy atom. The van der Waals surface area contributed by atoms with Crippen LogP contribution < -0.4 is 11.1 Å². The summed E-state index contributed by atoms with van der Waals surface area (Å²) in [6, 6.07) is 0. The van der Waals surface area contributed by atoms with Crippen LogP contribution in [0.4, 0.5) is 11.6 Å². The minimum atomic E-state index is 0.304. The summed E-state index contributed by atoms with van der Waals surface area (Å²) in [5, 5.41) is 3.50. The monoisotopic (exact) mass is 229 g/mol. The van der Waals surface area contributed by atoms with Gasteiger partial charge in [0.1, 0.15) is 23.0 Å². The maximum absolute atomic E-state index is 5.92. The number of likely N-dealkylation sites (N-methyl/N-ethyl adjacent to an activating group) is 1. The number of aromatic nitrogens is 2. The summed E-state index contributed by atoms with van der Waals surface area (Å²) in [5.74, 6) is 0.895. The van der Waals surface area contributed by atoms with Crippen molar-refractivity contribution in [2.45, 2.75) is 6.92 Å². The lowest BCUT2D eigenvalue weighted by Crippen LogP contribution is -2.25. The highest BCUT2D eigenvalue weighted by Gasteiger charge is 2.05. The fraction of sp³-hybridized carbons (Fsp3) is 0.556. The molecule has 1 aromatic heterocycles. The van der Waals surface area contributed by atoms with Crippen molar-refractivity contribution in [2.24, 2.45) is 0 Å². The molecule has 0 radical (unpaired) electrons. The summed E-state index contributed by atoms with van der Waals surface area (Å²) < 4.78 is 0. The van der Waals surface area contributed by atoms with Crippen molar-refractivity contribution in [1.29, 1.82) is 0 Å². The number of nitrogens with zero attached hydrogens (tertiary/aromatic N) is 3. The molecular formula is C9H16ClN5. The molecule has 5 nitrogen and oxygen atoms in total. The van der Waals surface area contributed by atoms with Gasteiger partial charge in [0.2, 0.25) is 0 Å². The lowest BCUT2D eigenvalue weighted by atomic mass is 10.5. The first-order valence-electron chi connectivity index (χ1n) is 4.83. The van der Waals surface area contributed by atoms with E-state index in [0.717, 1.165) is 19.6 Å². The predicted molar refractivity (Wildman–Crippen MR) is 63.1 cm³/mol. The molecule has 15 heavy (non-hydrogen) atoms. The van der Waals surface area contributed by atoms with Crippen LogP contribution in [0.25, 0.3) is 0 Å². The fourth-order valence-corrected chi connectivity index (χ4v) is 1.19. The molecular weight excluding hydrogens is 214 g/mol. The van der Waals surface area contributed by atoms with Crippen molar-refractivity contribution in [2.75, 3.05) is 37.7 Å². The molecule has 84 valence electrons. The molecule has 1 aromatic rings. The maximum atomic E-state index is 5.92. The van der Waals surface area contributed by atoms with Gasteiger partial charge in [0.15, 0.2) is 0 Å². The summed E-state index contributed by atoms with van der Waals surface area (Å²) in [6.07, 6.45) is 1.40. The molecule has 0 bridgehead atoms. The van der Waals surface area contributed by atoms with Crippen molar-refractivity contribution in [3.05, 3.63) is 11.3 Å². The number of nitrogens with two attached hydrogens (primary N) is 1. The maximum Gasteiger partial charge on any atom is 0.150 e. The van der Waals surface area contributed by atoms with Crippen LogP contribution in [0, 0.1) is 0 Å². The SMILES string of the molecule is CCN(C)CCNc1ncnc(N)c1Cl. The number of halogens is 1. The normalized spacial score (nSPS) is 10.7. The number of hydrogen-bond acceptors (Lipinski definition) is 5. The zero-order valence-electron chi connectivity index (χ0n) is 9.00. The van der Waals surface area contributed by atoms with Gasteiger partial charge in [-0.05, 0) is 13.6 Å². The molecule has 6 heteroatoms. The van der Waals surface area contributed by atoms with Gasteiger partial charge in [-0.2, -0.15) is 0 Å². The van der Waals surface area contributed by atoms with Crippen LogP contribution in [-0.4, -0.2) is 41.5 Å². The van der Waals surface area contributed by atoms with Crippen LogP contribution in [0.3, 0.4) is 0 Å². The summed E-state index contributed by atoms with van der Waals surface area (Å²) in [5.41, 5.74) is 5.54. The average molecular weight is 230 g/mol. The first-order chi connectivity index (χ1) is 7.15. The Morgan fingerprint density at radius 3 is 2.93 bits per heavy atom. The Kier molecular flexibility index (Phi) is 4.58. The fourth-order valence-electron chi connectivity index (χ4n) is 1.03. The second-order valence-electron chi connectivity index (χ2n) is 3.24. The number of nitrogens with one attached hydrogen (secondary N) is 1. The van der Waals surface area contributed by atoms with E-state index >= 15 is 0 Å². The van der Waals surface area contributed by atoms with E-state index in [-0.39, 0.29) is 0 Å². The number of nitrogen functional groups attached to an aromatic ring is 1. The largest absolute Gasteiger partial charge is 0.382 e. The summed E-state index contributed by atoms with van der Waals surface area (Å²) in [4.78, 5) is 9.98. The Bertz CT molecular complexity index is 317. The third-order valence-corrected chi connectivity index (χ3v) is 2.51. The van der Waals surface area contributed by atoms with E-state index in [1.807, 2.05) is 0 Å². The van der Waals surface area contributed by atoms with Crippen LogP contribution in [0.15, 0.2) is 6.33 Å². The van der Waals surface area contributed by atoms with Gasteiger partial charge in [-0.15, -0.1) is 0 Å². The lowest BCUT2D eigenvalue weighted by Gasteiger charge is -2.14. The van der Waals surface area contributed by atoms with Gasteiger partial charge in [0.25, 0.3) is 0 Å². The number of anilines is 2. The van der Waals surface area contributed by atoms with E-state index in [1.54, 1.807) is 0 Å². The number of hydrogen-bond donors (Lipinski definition) is 2. The molecule has 0 fully saturated rings. The molecule has 0 atom stereocenters. The highest BCUT2D eigenvalue weighted by Crippen LogP contribution is 2.22. The summed E-state index contributed by atoms with van der Waals surface area (Å²) in [7, 11) is 2.05. The minimum Gasteiger partial charge on any atom is -0.382 e. The van der Waals surface area contributed by atoms with E-state index in [9.17, 15) is 0 Å². The predicted octanol–water partition coefficient (Wildman–Crippen LogP) is 1.08. The molecule has 0 amide bonds. The smallest absolute Gasteiger partial charge is 0.150 e. The molecule has 3 N–H and O–H groups in total. The van der Waals surface area contributed by atoms with Gasteiger partial charge in [-0.1, -0.05) is 18.5 Å². The van der Waals surface area contributed by atoms with Crippen LogP contribution in [0.5, 0.6) is 0 Å². The van der Waals surface area contributed by atoms with E-state index < -0.39 is 0 Å². The highest BCUT2D eigenvalue weighted by molar-refractivity contribution is 6.35. The number of rotatable bonds is 5. The van der Waals surface area contributed by atoms with Crippen molar-refractivity contribution in [3.63, 3.8) is 0 Å². The Balaban J connectivity index is 2.47. The standard InChI is InChI=1S/C9H16ClN5/c1-3-15(2)5-4-12-9-7(10)8(11)13-6-14-9/h6H,3-5H2,1-2H3,(H3,11,12,13,14). The van der Waals surface area contributed by atoms with E-state index in [0.29, 0.717) is 16.7 Å². The van der Waals surface area contributed by atoms with Crippen molar-refractivity contribution in [3.8, 4) is 0 Å². The highest BCUT2D eigenvalue weighted by atomic mass is 35.5. The molecule has 0 aliphatic rings. The molecule has 0 unspecified atom stereocenters. The van der Waals surface area contributed by atoms with E-state index in [4.69, 9.17) is 17.3 Å². The molecule has 0 saturated heterocycles. The first-order valence-corrected chi connectivity index (χ1v) is 5.21. The first kappa shape index (κ1) is 12.0. The molecule has 0 aromatic carbocycles. The Morgan fingerprint density at radius 1 is 1.53 bits per heavy atom. The summed E-state index contributed by atoms with van der Waals surface area (Å²) >= 11 is 5.92. The van der Waals surface area contributed by atoms with Gasteiger partial charge in [0.05, 0.1) is 0 Å². The van der Waals surface area contributed by atoms with Crippen molar-refractivity contribution < 1.29 is 0 Å². The zero-order valence-corrected chi connectivity index (χ0v) is 9.75. The van der Waals surface area contributed by atoms with Crippen LogP contribution in [0.2, 0.25) is 5.02 Å². The van der Waals surface area contributed by atoms with Crippen LogP contribution in [-0.2, 0) is 0 Å².